The second kappa shape index (κ2) is 12.4. The quantitative estimate of drug-likeness (QED) is 0.190. The number of carbonyl (C=O) groups is 4. The van der Waals surface area contributed by atoms with Crippen molar-refractivity contribution >= 4 is 30.2 Å². The summed E-state index contributed by atoms with van der Waals surface area (Å²) >= 11 is 0. The second-order valence-electron chi connectivity index (χ2n) is 7.35. The van der Waals surface area contributed by atoms with Gasteiger partial charge in [0.15, 0.2) is 5.96 Å². The summed E-state index contributed by atoms with van der Waals surface area (Å²) in [5.74, 6) is -1.15. The van der Waals surface area contributed by atoms with Gasteiger partial charge in [-0.25, -0.2) is 9.69 Å². The first-order chi connectivity index (χ1) is 15.4. The Balaban J connectivity index is 2.20. The van der Waals surface area contributed by atoms with E-state index < -0.39 is 30.0 Å². The summed E-state index contributed by atoms with van der Waals surface area (Å²) in [6, 6.07) is 6.97. The lowest BCUT2D eigenvalue weighted by Gasteiger charge is -2.31. The molecule has 1 aromatic rings. The summed E-state index contributed by atoms with van der Waals surface area (Å²) in [5, 5.41) is 0. The van der Waals surface area contributed by atoms with E-state index in [2.05, 4.69) is 4.99 Å². The number of imide groups is 1. The first-order valence-electron chi connectivity index (χ1n) is 10.4. The molecule has 0 aliphatic carbocycles. The van der Waals surface area contributed by atoms with Gasteiger partial charge in [0, 0.05) is 13.1 Å². The molecule has 174 valence electrons. The number of benzene rings is 1. The van der Waals surface area contributed by atoms with Gasteiger partial charge in [-0.1, -0.05) is 30.3 Å². The fourth-order valence-electron chi connectivity index (χ4n) is 3.54. The van der Waals surface area contributed by atoms with Crippen LogP contribution in [0.4, 0.5) is 4.79 Å². The molecular formula is C21H30N6O5. The zero-order chi connectivity index (χ0) is 23.5. The van der Waals surface area contributed by atoms with E-state index in [-0.39, 0.29) is 32.1 Å². The molecule has 1 aliphatic heterocycles. The summed E-state index contributed by atoms with van der Waals surface area (Å²) in [7, 11) is 0. The Morgan fingerprint density at radius 1 is 1.25 bits per heavy atom. The Morgan fingerprint density at radius 3 is 2.59 bits per heavy atom. The maximum absolute atomic E-state index is 13.3. The third kappa shape index (κ3) is 6.77. The van der Waals surface area contributed by atoms with Crippen LogP contribution in [0.25, 0.3) is 0 Å². The van der Waals surface area contributed by atoms with Crippen molar-refractivity contribution in [2.24, 2.45) is 22.2 Å². The average molecular weight is 447 g/mol. The van der Waals surface area contributed by atoms with Gasteiger partial charge in [-0.2, -0.15) is 0 Å². The second-order valence-corrected chi connectivity index (χ2v) is 7.35. The molecular weight excluding hydrogens is 416 g/mol. The normalized spacial score (nSPS) is 16.2. The minimum atomic E-state index is -1.09. The number of aldehydes is 1. The van der Waals surface area contributed by atoms with Gasteiger partial charge in [0.25, 0.3) is 5.91 Å². The SMILES string of the molecule is NCC(=O)N1CCC[C@H]1C(=O)N(C(=O)OCc1ccccc1)[C@H](C=O)CCCN=C(N)N. The van der Waals surface area contributed by atoms with Crippen LogP contribution < -0.4 is 17.2 Å². The monoisotopic (exact) mass is 446 g/mol. The number of guanidine groups is 1. The number of hydrogen-bond donors (Lipinski definition) is 3. The van der Waals surface area contributed by atoms with E-state index in [0.29, 0.717) is 32.1 Å². The van der Waals surface area contributed by atoms with Gasteiger partial charge in [-0.05, 0) is 31.2 Å². The molecule has 0 saturated carbocycles. The number of ether oxygens (including phenoxy) is 1. The number of nitrogens with zero attached hydrogens (tertiary/aromatic N) is 3. The van der Waals surface area contributed by atoms with Crippen molar-refractivity contribution < 1.29 is 23.9 Å². The van der Waals surface area contributed by atoms with Gasteiger partial charge >= 0.3 is 6.09 Å². The minimum Gasteiger partial charge on any atom is -0.444 e. The number of likely N-dealkylation sites (tertiary alicyclic amines) is 1. The van der Waals surface area contributed by atoms with Crippen molar-refractivity contribution in [2.45, 2.75) is 44.4 Å². The molecule has 0 unspecified atom stereocenters. The van der Waals surface area contributed by atoms with Crippen LogP contribution in [-0.2, 0) is 25.7 Å². The van der Waals surface area contributed by atoms with Crippen molar-refractivity contribution in [3.8, 4) is 0 Å². The Bertz CT molecular complexity index is 827. The molecule has 0 radical (unpaired) electrons. The van der Waals surface area contributed by atoms with Crippen LogP contribution in [0.1, 0.15) is 31.2 Å². The fraction of sp³-hybridized carbons (Fsp3) is 0.476. The van der Waals surface area contributed by atoms with E-state index in [4.69, 9.17) is 21.9 Å². The number of rotatable bonds is 10. The number of amides is 3. The topological polar surface area (TPSA) is 174 Å². The molecule has 1 heterocycles. The molecule has 11 heteroatoms. The highest BCUT2D eigenvalue weighted by Crippen LogP contribution is 2.22. The Hall–Kier alpha value is -3.47. The Kier molecular flexibility index (Phi) is 9.61. The maximum Gasteiger partial charge on any atom is 0.417 e. The number of aliphatic imine (C=N–C) groups is 1. The highest BCUT2D eigenvalue weighted by Gasteiger charge is 2.41. The van der Waals surface area contributed by atoms with Crippen molar-refractivity contribution in [1.82, 2.24) is 9.80 Å². The van der Waals surface area contributed by atoms with Gasteiger partial charge in [0.1, 0.15) is 18.9 Å². The molecule has 1 saturated heterocycles. The van der Waals surface area contributed by atoms with E-state index in [1.165, 1.54) is 4.90 Å². The predicted octanol–water partition coefficient (Wildman–Crippen LogP) is -0.277. The molecule has 2 atom stereocenters. The highest BCUT2D eigenvalue weighted by atomic mass is 16.6. The molecule has 1 aromatic carbocycles. The molecule has 6 N–H and O–H groups in total. The molecule has 0 bridgehead atoms. The molecule has 1 aliphatic rings. The summed E-state index contributed by atoms with van der Waals surface area (Å²) in [4.78, 5) is 56.3. The highest BCUT2D eigenvalue weighted by molar-refractivity contribution is 5.99. The lowest BCUT2D eigenvalue weighted by Crippen LogP contribution is -2.54. The standard InChI is InChI=1S/C21H30N6O5/c22-12-18(29)26-11-5-9-17(26)19(30)27(16(13-28)8-4-10-25-20(23)24)21(31)32-14-15-6-2-1-3-7-15/h1-3,6-7,13,16-17H,4-5,8-12,14,22H2,(H4,23,24,25)/t16-,17-/m0/s1. The van der Waals surface area contributed by atoms with Crippen LogP contribution in [0.15, 0.2) is 35.3 Å². The van der Waals surface area contributed by atoms with Crippen LogP contribution in [0.2, 0.25) is 0 Å². The lowest BCUT2D eigenvalue weighted by molar-refractivity contribution is -0.144. The summed E-state index contributed by atoms with van der Waals surface area (Å²) in [5.41, 5.74) is 16.8. The van der Waals surface area contributed by atoms with Crippen LogP contribution in [0.5, 0.6) is 0 Å². The van der Waals surface area contributed by atoms with Crippen molar-refractivity contribution in [3.05, 3.63) is 35.9 Å². The van der Waals surface area contributed by atoms with Gasteiger partial charge in [0.05, 0.1) is 12.6 Å². The third-order valence-electron chi connectivity index (χ3n) is 5.11. The number of nitrogens with two attached hydrogens (primary N) is 3. The molecule has 3 amide bonds. The van der Waals surface area contributed by atoms with Crippen molar-refractivity contribution in [1.29, 1.82) is 0 Å². The van der Waals surface area contributed by atoms with Crippen LogP contribution >= 0.6 is 0 Å². The lowest BCUT2D eigenvalue weighted by atomic mass is 10.1. The van der Waals surface area contributed by atoms with Gasteiger partial charge < -0.3 is 31.6 Å². The molecule has 2 rings (SSSR count). The molecule has 32 heavy (non-hydrogen) atoms. The Labute approximate surface area is 186 Å². The molecule has 0 aromatic heterocycles. The summed E-state index contributed by atoms with van der Waals surface area (Å²) in [6.45, 7) is 0.265. The average Bonchev–Trinajstić information content (AvgIpc) is 3.29. The zero-order valence-electron chi connectivity index (χ0n) is 17.9. The fourth-order valence-corrected chi connectivity index (χ4v) is 3.54. The van der Waals surface area contributed by atoms with E-state index in [0.717, 1.165) is 10.5 Å². The summed E-state index contributed by atoms with van der Waals surface area (Å²) in [6.07, 6.45) is 1.01. The predicted molar refractivity (Wildman–Crippen MR) is 117 cm³/mol. The maximum atomic E-state index is 13.3. The largest absolute Gasteiger partial charge is 0.444 e. The van der Waals surface area contributed by atoms with Crippen molar-refractivity contribution in [2.75, 3.05) is 19.6 Å². The first kappa shape index (κ1) is 24.8. The van der Waals surface area contributed by atoms with E-state index in [9.17, 15) is 19.2 Å². The number of carbonyl (C=O) groups excluding carboxylic acids is 4. The summed E-state index contributed by atoms with van der Waals surface area (Å²) < 4.78 is 5.33. The van der Waals surface area contributed by atoms with Crippen molar-refractivity contribution in [3.63, 3.8) is 0 Å². The van der Waals surface area contributed by atoms with Gasteiger partial charge in [-0.15, -0.1) is 0 Å². The minimum absolute atomic E-state index is 0.0703. The zero-order valence-corrected chi connectivity index (χ0v) is 17.9. The third-order valence-corrected chi connectivity index (χ3v) is 5.11. The van der Waals surface area contributed by atoms with E-state index >= 15 is 0 Å². The molecule has 11 nitrogen and oxygen atoms in total. The molecule has 1 fully saturated rings. The number of hydrogen-bond acceptors (Lipinski definition) is 7. The first-order valence-corrected chi connectivity index (χ1v) is 10.4. The van der Waals surface area contributed by atoms with Gasteiger partial charge in [0.2, 0.25) is 5.91 Å². The van der Waals surface area contributed by atoms with Crippen LogP contribution in [-0.4, -0.2) is 71.7 Å². The van der Waals surface area contributed by atoms with Gasteiger partial charge in [-0.3, -0.25) is 14.6 Å². The van der Waals surface area contributed by atoms with E-state index in [1.54, 1.807) is 24.3 Å². The Morgan fingerprint density at radius 2 is 1.97 bits per heavy atom. The van der Waals surface area contributed by atoms with Crippen LogP contribution in [0.3, 0.4) is 0 Å². The van der Waals surface area contributed by atoms with Crippen LogP contribution in [0, 0.1) is 0 Å². The molecule has 0 spiro atoms. The van der Waals surface area contributed by atoms with E-state index in [1.807, 2.05) is 6.07 Å². The smallest absolute Gasteiger partial charge is 0.417 e.